The van der Waals surface area contributed by atoms with Crippen molar-refractivity contribution in [2.75, 3.05) is 18.5 Å². The molecule has 17 heavy (non-hydrogen) atoms. The number of halogens is 3. The van der Waals surface area contributed by atoms with Gasteiger partial charge in [-0.15, -0.1) is 0 Å². The third kappa shape index (κ3) is 4.40. The minimum absolute atomic E-state index is 0.0802. The minimum Gasteiger partial charge on any atom is -0.372 e. The van der Waals surface area contributed by atoms with Crippen molar-refractivity contribution in [3.8, 4) is 0 Å². The molecule has 0 saturated heterocycles. The van der Waals surface area contributed by atoms with Crippen LogP contribution in [0.1, 0.15) is 13.3 Å². The lowest BCUT2D eigenvalue weighted by molar-refractivity contribution is -0.120. The van der Waals surface area contributed by atoms with Crippen LogP contribution >= 0.6 is 15.9 Å². The third-order valence-corrected chi connectivity index (χ3v) is 2.47. The molecular formula is C11H12BrF2NO2. The summed E-state index contributed by atoms with van der Waals surface area (Å²) in [4.78, 5) is 11.3. The van der Waals surface area contributed by atoms with E-state index in [2.05, 4.69) is 21.2 Å². The molecule has 0 aliphatic heterocycles. The number of rotatable bonds is 5. The van der Waals surface area contributed by atoms with Gasteiger partial charge >= 0.3 is 0 Å². The second kappa shape index (κ2) is 6.66. The molecule has 0 aliphatic carbocycles. The van der Waals surface area contributed by atoms with E-state index in [-0.39, 0.29) is 16.8 Å². The molecule has 1 aromatic carbocycles. The summed E-state index contributed by atoms with van der Waals surface area (Å²) in [6, 6.07) is 1.87. The molecule has 0 aromatic heterocycles. The minimum atomic E-state index is -0.824. The highest BCUT2D eigenvalue weighted by Gasteiger charge is 2.10. The van der Waals surface area contributed by atoms with Gasteiger partial charge in [0.25, 0.3) is 0 Å². The lowest BCUT2D eigenvalue weighted by Crippen LogP contribution is -2.19. The Morgan fingerprint density at radius 2 is 2.12 bits per heavy atom. The van der Waals surface area contributed by atoms with Crippen LogP contribution in [0, 0.1) is 11.6 Å². The first-order chi connectivity index (χ1) is 8.04. The molecule has 0 atom stereocenters. The van der Waals surface area contributed by atoms with E-state index in [1.54, 1.807) is 0 Å². The maximum atomic E-state index is 13.3. The molecule has 0 bridgehead atoms. The summed E-state index contributed by atoms with van der Waals surface area (Å²) in [6.07, 6.45) is 0.795. The first-order valence-electron chi connectivity index (χ1n) is 5.06. The highest BCUT2D eigenvalue weighted by Crippen LogP contribution is 2.23. The van der Waals surface area contributed by atoms with Crippen molar-refractivity contribution in [2.45, 2.75) is 13.3 Å². The van der Waals surface area contributed by atoms with Gasteiger partial charge in [-0.25, -0.2) is 8.78 Å². The van der Waals surface area contributed by atoms with Gasteiger partial charge < -0.3 is 10.1 Å². The summed E-state index contributed by atoms with van der Waals surface area (Å²) in [5, 5.41) is 2.30. The highest BCUT2D eigenvalue weighted by atomic mass is 79.9. The molecule has 1 rings (SSSR count). The van der Waals surface area contributed by atoms with E-state index < -0.39 is 17.5 Å². The monoisotopic (exact) mass is 307 g/mol. The second-order valence-corrected chi connectivity index (χ2v) is 4.20. The van der Waals surface area contributed by atoms with Crippen molar-refractivity contribution >= 4 is 27.5 Å². The fraction of sp³-hybridized carbons (Fsp3) is 0.364. The second-order valence-electron chi connectivity index (χ2n) is 3.35. The molecule has 1 aromatic rings. The summed E-state index contributed by atoms with van der Waals surface area (Å²) < 4.78 is 31.3. The zero-order valence-corrected chi connectivity index (χ0v) is 10.8. The Labute approximate surface area is 106 Å². The van der Waals surface area contributed by atoms with Crippen LogP contribution < -0.4 is 5.32 Å². The predicted octanol–water partition coefficient (Wildman–Crippen LogP) is 3.09. The fourth-order valence-corrected chi connectivity index (χ4v) is 1.46. The molecule has 94 valence electrons. The van der Waals surface area contributed by atoms with E-state index in [0.29, 0.717) is 12.7 Å². The number of hydrogen-bond donors (Lipinski definition) is 1. The van der Waals surface area contributed by atoms with Gasteiger partial charge in [-0.05, 0) is 28.4 Å². The molecular weight excluding hydrogens is 296 g/mol. The Morgan fingerprint density at radius 3 is 2.76 bits per heavy atom. The number of benzene rings is 1. The Kier molecular flexibility index (Phi) is 5.50. The molecule has 0 aliphatic rings. The number of ether oxygens (including phenoxy) is 1. The number of amides is 1. The molecule has 1 N–H and O–H groups in total. The van der Waals surface area contributed by atoms with E-state index in [1.165, 1.54) is 6.07 Å². The Morgan fingerprint density at radius 1 is 1.41 bits per heavy atom. The van der Waals surface area contributed by atoms with E-state index in [0.717, 1.165) is 6.42 Å². The van der Waals surface area contributed by atoms with Crippen LogP contribution in [0.4, 0.5) is 14.5 Å². The lowest BCUT2D eigenvalue weighted by atomic mass is 10.3. The van der Waals surface area contributed by atoms with Gasteiger partial charge in [-0.1, -0.05) is 6.92 Å². The number of anilines is 1. The largest absolute Gasteiger partial charge is 0.372 e. The number of carbonyl (C=O) groups is 1. The van der Waals surface area contributed by atoms with Crippen LogP contribution in [0.25, 0.3) is 0 Å². The Hall–Kier alpha value is -1.01. The van der Waals surface area contributed by atoms with Crippen LogP contribution in [-0.2, 0) is 9.53 Å². The summed E-state index contributed by atoms with van der Waals surface area (Å²) in [7, 11) is 0. The summed E-state index contributed by atoms with van der Waals surface area (Å²) >= 11 is 2.91. The summed E-state index contributed by atoms with van der Waals surface area (Å²) in [5.74, 6) is -2.02. The van der Waals surface area contributed by atoms with Gasteiger partial charge in [-0.3, -0.25) is 4.79 Å². The van der Waals surface area contributed by atoms with E-state index in [1.807, 2.05) is 6.92 Å². The fourth-order valence-electron chi connectivity index (χ4n) is 1.11. The highest BCUT2D eigenvalue weighted by molar-refractivity contribution is 9.10. The quantitative estimate of drug-likeness (QED) is 0.670. The van der Waals surface area contributed by atoms with Crippen LogP contribution in [0.2, 0.25) is 0 Å². The first kappa shape index (κ1) is 14.1. The predicted molar refractivity (Wildman–Crippen MR) is 63.8 cm³/mol. The first-order valence-corrected chi connectivity index (χ1v) is 5.86. The van der Waals surface area contributed by atoms with Crippen molar-refractivity contribution in [1.29, 1.82) is 0 Å². The zero-order chi connectivity index (χ0) is 12.8. The average molecular weight is 308 g/mol. The van der Waals surface area contributed by atoms with E-state index in [4.69, 9.17) is 4.74 Å². The smallest absolute Gasteiger partial charge is 0.250 e. The number of carbonyl (C=O) groups excluding carboxylic acids is 1. The molecule has 6 heteroatoms. The van der Waals surface area contributed by atoms with E-state index in [9.17, 15) is 13.6 Å². The van der Waals surface area contributed by atoms with Crippen LogP contribution in [0.15, 0.2) is 16.6 Å². The molecule has 3 nitrogen and oxygen atoms in total. The van der Waals surface area contributed by atoms with Gasteiger partial charge in [0.05, 0.1) is 10.2 Å². The normalized spacial score (nSPS) is 10.4. The number of nitrogens with one attached hydrogen (secondary N) is 1. The molecule has 0 fully saturated rings. The summed E-state index contributed by atoms with van der Waals surface area (Å²) in [6.45, 7) is 2.22. The Balaban J connectivity index is 2.62. The summed E-state index contributed by atoms with van der Waals surface area (Å²) in [5.41, 5.74) is -0.0802. The van der Waals surface area contributed by atoms with Gasteiger partial charge in [-0.2, -0.15) is 0 Å². The standard InChI is InChI=1S/C11H12BrF2NO2/c1-2-3-17-6-11(16)15-10-4-7(12)8(13)5-9(10)14/h4-5H,2-3,6H2,1H3,(H,15,16). The SMILES string of the molecule is CCCOCC(=O)Nc1cc(Br)c(F)cc1F. The van der Waals surface area contributed by atoms with E-state index >= 15 is 0 Å². The zero-order valence-electron chi connectivity index (χ0n) is 9.23. The van der Waals surface area contributed by atoms with Crippen molar-refractivity contribution < 1.29 is 18.3 Å². The maximum Gasteiger partial charge on any atom is 0.250 e. The van der Waals surface area contributed by atoms with Crippen molar-refractivity contribution in [3.05, 3.63) is 28.2 Å². The molecule has 0 radical (unpaired) electrons. The number of hydrogen-bond acceptors (Lipinski definition) is 2. The lowest BCUT2D eigenvalue weighted by Gasteiger charge is -2.07. The van der Waals surface area contributed by atoms with Crippen LogP contribution in [-0.4, -0.2) is 19.1 Å². The molecule has 0 unspecified atom stereocenters. The third-order valence-electron chi connectivity index (χ3n) is 1.87. The molecule has 0 spiro atoms. The van der Waals surface area contributed by atoms with Crippen molar-refractivity contribution in [1.82, 2.24) is 0 Å². The van der Waals surface area contributed by atoms with Crippen molar-refractivity contribution in [3.63, 3.8) is 0 Å². The van der Waals surface area contributed by atoms with Gasteiger partial charge in [0, 0.05) is 12.7 Å². The van der Waals surface area contributed by atoms with Gasteiger partial charge in [0.15, 0.2) is 0 Å². The Bertz CT molecular complexity index is 413. The van der Waals surface area contributed by atoms with Gasteiger partial charge in [0.1, 0.15) is 18.2 Å². The average Bonchev–Trinajstić information content (AvgIpc) is 2.26. The van der Waals surface area contributed by atoms with Crippen LogP contribution in [0.3, 0.4) is 0 Å². The van der Waals surface area contributed by atoms with Crippen LogP contribution in [0.5, 0.6) is 0 Å². The maximum absolute atomic E-state index is 13.3. The van der Waals surface area contributed by atoms with Gasteiger partial charge in [0.2, 0.25) is 5.91 Å². The topological polar surface area (TPSA) is 38.3 Å². The molecule has 0 heterocycles. The molecule has 1 amide bonds. The molecule has 0 saturated carbocycles. The van der Waals surface area contributed by atoms with Crippen molar-refractivity contribution in [2.24, 2.45) is 0 Å².